The van der Waals surface area contributed by atoms with Gasteiger partial charge in [0.1, 0.15) is 12.3 Å². The first kappa shape index (κ1) is 23.1. The smallest absolute Gasteiger partial charge is 0.411 e. The van der Waals surface area contributed by atoms with E-state index in [2.05, 4.69) is 20.7 Å². The van der Waals surface area contributed by atoms with Crippen LogP contribution in [-0.4, -0.2) is 39.4 Å². The molecule has 32 heavy (non-hydrogen) atoms. The van der Waals surface area contributed by atoms with Crippen LogP contribution in [0.3, 0.4) is 0 Å². The highest BCUT2D eigenvalue weighted by atomic mass is 35.5. The molecule has 0 fully saturated rings. The number of alkyl halides is 2. The second-order valence-electron chi connectivity index (χ2n) is 6.95. The van der Waals surface area contributed by atoms with Gasteiger partial charge < -0.3 is 10.1 Å². The van der Waals surface area contributed by atoms with Gasteiger partial charge in [0.2, 0.25) is 0 Å². The molecule has 1 aromatic carbocycles. The molecule has 3 aromatic rings. The number of benzene rings is 1. The number of amides is 2. The number of carbonyl (C=O) groups excluding carboxylic acids is 2. The number of hydrogen-bond donors (Lipinski definition) is 2. The summed E-state index contributed by atoms with van der Waals surface area (Å²) < 4.78 is 33.0. The minimum Gasteiger partial charge on any atom is -0.447 e. The van der Waals surface area contributed by atoms with E-state index in [0.29, 0.717) is 5.69 Å². The number of hydrogen-bond acceptors (Lipinski definition) is 5. The lowest BCUT2D eigenvalue weighted by molar-refractivity contribution is 0.0896. The minimum atomic E-state index is -2.99. The van der Waals surface area contributed by atoms with E-state index in [-0.39, 0.29) is 23.0 Å². The highest BCUT2D eigenvalue weighted by Crippen LogP contribution is 2.24. The molecule has 0 unspecified atom stereocenters. The van der Waals surface area contributed by atoms with Crippen LogP contribution in [-0.2, 0) is 4.74 Å². The lowest BCUT2D eigenvalue weighted by Crippen LogP contribution is -2.37. The van der Waals surface area contributed by atoms with Crippen molar-refractivity contribution in [2.75, 3.05) is 11.9 Å². The van der Waals surface area contributed by atoms with Crippen molar-refractivity contribution in [3.05, 3.63) is 70.6 Å². The maximum Gasteiger partial charge on any atom is 0.411 e. The van der Waals surface area contributed by atoms with Crippen LogP contribution in [0.25, 0.3) is 5.82 Å². The molecule has 0 saturated heterocycles. The fourth-order valence-electron chi connectivity index (χ4n) is 2.71. The number of halogens is 3. The third-order valence-corrected chi connectivity index (χ3v) is 4.59. The molecule has 0 spiro atoms. The van der Waals surface area contributed by atoms with Crippen molar-refractivity contribution in [2.45, 2.75) is 26.3 Å². The molecule has 2 N–H and O–H groups in total. The lowest BCUT2D eigenvalue weighted by atomic mass is 10.2. The van der Waals surface area contributed by atoms with Gasteiger partial charge in [-0.1, -0.05) is 29.3 Å². The number of aryl methyl sites for hydroxylation is 1. The number of carbonyl (C=O) groups is 2. The summed E-state index contributed by atoms with van der Waals surface area (Å²) in [7, 11) is 0. The van der Waals surface area contributed by atoms with Gasteiger partial charge in [-0.05, 0) is 38.1 Å². The first-order valence-corrected chi connectivity index (χ1v) is 9.92. The predicted molar refractivity (Wildman–Crippen MR) is 114 cm³/mol. The van der Waals surface area contributed by atoms with Gasteiger partial charge in [-0.3, -0.25) is 10.1 Å². The van der Waals surface area contributed by atoms with E-state index in [4.69, 9.17) is 16.3 Å². The Bertz CT molecular complexity index is 1110. The molecular formula is C21H20ClF2N5O3. The highest BCUT2D eigenvalue weighted by molar-refractivity contribution is 6.32. The molecule has 2 amide bonds. The van der Waals surface area contributed by atoms with Crippen LogP contribution >= 0.6 is 11.6 Å². The second kappa shape index (κ2) is 10.2. The van der Waals surface area contributed by atoms with Gasteiger partial charge in [-0.15, -0.1) is 0 Å². The molecule has 0 aliphatic carbocycles. The summed E-state index contributed by atoms with van der Waals surface area (Å²) in [4.78, 5) is 28.5. The van der Waals surface area contributed by atoms with Crippen LogP contribution in [0.4, 0.5) is 19.3 Å². The van der Waals surface area contributed by atoms with Gasteiger partial charge >= 0.3 is 6.09 Å². The zero-order valence-electron chi connectivity index (χ0n) is 17.2. The van der Waals surface area contributed by atoms with Crippen LogP contribution in [0.5, 0.6) is 0 Å². The predicted octanol–water partition coefficient (Wildman–Crippen LogP) is 4.53. The summed E-state index contributed by atoms with van der Waals surface area (Å²) in [6, 6.07) is 9.55. The largest absolute Gasteiger partial charge is 0.447 e. The first-order chi connectivity index (χ1) is 15.2. The number of ether oxygens (including phenoxy) is 1. The third-order valence-electron chi connectivity index (χ3n) is 4.29. The zero-order valence-corrected chi connectivity index (χ0v) is 17.9. The minimum absolute atomic E-state index is 0.110. The molecule has 2 heterocycles. The molecule has 0 radical (unpaired) electrons. The van der Waals surface area contributed by atoms with E-state index in [9.17, 15) is 18.4 Å². The Labute approximate surface area is 187 Å². The summed E-state index contributed by atoms with van der Waals surface area (Å²) in [6.07, 6.45) is -1.15. The van der Waals surface area contributed by atoms with Crippen LogP contribution in [0.2, 0.25) is 5.02 Å². The van der Waals surface area contributed by atoms with Crippen molar-refractivity contribution in [3.63, 3.8) is 0 Å². The van der Waals surface area contributed by atoms with Gasteiger partial charge in [0.05, 0.1) is 16.6 Å². The molecule has 11 heteroatoms. The number of nitrogens with zero attached hydrogens (tertiary/aromatic N) is 3. The second-order valence-corrected chi connectivity index (χ2v) is 7.35. The van der Waals surface area contributed by atoms with Crippen LogP contribution in [0.15, 0.2) is 48.8 Å². The Morgan fingerprint density at radius 1 is 1.22 bits per heavy atom. The van der Waals surface area contributed by atoms with Crippen LogP contribution < -0.4 is 10.6 Å². The quantitative estimate of drug-likeness (QED) is 0.536. The summed E-state index contributed by atoms with van der Waals surface area (Å²) in [5, 5.41) is 9.01. The fraction of sp³-hybridized carbons (Fsp3) is 0.238. The Morgan fingerprint density at radius 2 is 1.94 bits per heavy atom. The monoisotopic (exact) mass is 463 g/mol. The van der Waals surface area contributed by atoms with Gasteiger partial charge in [-0.25, -0.2) is 23.2 Å². The van der Waals surface area contributed by atoms with Crippen LogP contribution in [0, 0.1) is 6.92 Å². The van der Waals surface area contributed by atoms with Gasteiger partial charge in [0.25, 0.3) is 12.3 Å². The van der Waals surface area contributed by atoms with Crippen molar-refractivity contribution >= 4 is 29.3 Å². The molecule has 0 saturated carbocycles. The molecule has 8 nitrogen and oxygen atoms in total. The standard InChI is InChI=1S/C21H20ClF2N5O3/c1-12-5-7-14(8-6-12)27-21(31)32-11-13(2)26-20(30)15-10-29(28-17(15)18(23)24)19-16(22)4-3-9-25-19/h3-10,13,18H,11H2,1-2H3,(H,26,30)(H,27,31)/t13-/m0/s1. The Hall–Kier alpha value is -3.53. The Kier molecular flexibility index (Phi) is 7.37. The third kappa shape index (κ3) is 5.79. The fourth-order valence-corrected chi connectivity index (χ4v) is 2.92. The Morgan fingerprint density at radius 3 is 2.59 bits per heavy atom. The molecule has 2 aromatic heterocycles. The summed E-state index contributed by atoms with van der Waals surface area (Å²) in [5.74, 6) is -0.687. The highest BCUT2D eigenvalue weighted by Gasteiger charge is 2.25. The van der Waals surface area contributed by atoms with E-state index in [1.165, 1.54) is 12.3 Å². The van der Waals surface area contributed by atoms with Gasteiger partial charge in [-0.2, -0.15) is 5.10 Å². The first-order valence-electron chi connectivity index (χ1n) is 9.54. The molecule has 0 aliphatic heterocycles. The Balaban J connectivity index is 1.62. The number of nitrogens with one attached hydrogen (secondary N) is 2. The number of aromatic nitrogens is 3. The normalized spacial score (nSPS) is 11.8. The van der Waals surface area contributed by atoms with E-state index < -0.39 is 30.2 Å². The van der Waals surface area contributed by atoms with Crippen molar-refractivity contribution in [2.24, 2.45) is 0 Å². The van der Waals surface area contributed by atoms with Crippen molar-refractivity contribution in [1.82, 2.24) is 20.1 Å². The zero-order chi connectivity index (χ0) is 23.3. The van der Waals surface area contributed by atoms with Crippen molar-refractivity contribution in [1.29, 1.82) is 0 Å². The number of pyridine rings is 1. The molecular weight excluding hydrogens is 444 g/mol. The van der Waals surface area contributed by atoms with Gasteiger partial charge in [0.15, 0.2) is 5.82 Å². The molecule has 3 rings (SSSR count). The van der Waals surface area contributed by atoms with Crippen molar-refractivity contribution in [3.8, 4) is 5.82 Å². The van der Waals surface area contributed by atoms with E-state index in [1.54, 1.807) is 25.1 Å². The van der Waals surface area contributed by atoms with Gasteiger partial charge in [0, 0.05) is 18.1 Å². The summed E-state index contributed by atoms with van der Waals surface area (Å²) >= 11 is 6.03. The van der Waals surface area contributed by atoms with E-state index >= 15 is 0 Å². The lowest BCUT2D eigenvalue weighted by Gasteiger charge is -2.14. The van der Waals surface area contributed by atoms with Crippen molar-refractivity contribution < 1.29 is 23.1 Å². The van der Waals surface area contributed by atoms with E-state index in [1.807, 2.05) is 19.1 Å². The van der Waals surface area contributed by atoms with E-state index in [0.717, 1.165) is 16.4 Å². The molecule has 0 aliphatic rings. The molecule has 168 valence electrons. The number of rotatable bonds is 7. The van der Waals surface area contributed by atoms with Crippen LogP contribution in [0.1, 0.15) is 35.0 Å². The topological polar surface area (TPSA) is 98.1 Å². The maximum absolute atomic E-state index is 13.5. The SMILES string of the molecule is Cc1ccc(NC(=O)OC[C@H](C)NC(=O)c2cn(-c3ncccc3Cl)nc2C(F)F)cc1. The average Bonchev–Trinajstić information content (AvgIpc) is 3.20. The average molecular weight is 464 g/mol. The molecule has 0 bridgehead atoms. The number of anilines is 1. The maximum atomic E-state index is 13.5. The summed E-state index contributed by atoms with van der Waals surface area (Å²) in [6.45, 7) is 3.31. The molecule has 1 atom stereocenters. The summed E-state index contributed by atoms with van der Waals surface area (Å²) in [5.41, 5.74) is 0.545.